The fourth-order valence-electron chi connectivity index (χ4n) is 4.75. The van der Waals surface area contributed by atoms with Crippen LogP contribution in [0.25, 0.3) is 23.1 Å². The number of halogens is 1. The summed E-state index contributed by atoms with van der Waals surface area (Å²) in [4.78, 5) is 13.8. The van der Waals surface area contributed by atoms with Gasteiger partial charge in [0.15, 0.2) is 0 Å². The van der Waals surface area contributed by atoms with Crippen LogP contribution in [0, 0.1) is 5.92 Å². The Morgan fingerprint density at radius 3 is 2.51 bits per heavy atom. The van der Waals surface area contributed by atoms with E-state index in [-0.39, 0.29) is 0 Å². The van der Waals surface area contributed by atoms with Crippen LogP contribution in [0.5, 0.6) is 0 Å². The molecule has 1 aliphatic rings. The topological polar surface area (TPSA) is 70.4 Å². The van der Waals surface area contributed by atoms with E-state index in [1.165, 1.54) is 35.3 Å². The van der Waals surface area contributed by atoms with Gasteiger partial charge in [0.2, 0.25) is 0 Å². The lowest BCUT2D eigenvalue weighted by Crippen LogP contribution is -2.18. The summed E-state index contributed by atoms with van der Waals surface area (Å²) in [6.07, 6.45) is 8.96. The summed E-state index contributed by atoms with van der Waals surface area (Å²) in [7, 11) is 0. The quantitative estimate of drug-likeness (QED) is 0.193. The number of aliphatic carboxylic acids is 1. The van der Waals surface area contributed by atoms with Crippen molar-refractivity contribution in [3.63, 3.8) is 0 Å². The standard InChI is InChI=1S/C33H34ClNOS.C2H4O2/c1-33(2,36)30-9-4-3-7-25(30)15-19-32(37-22-24-10-11-24)27-8-5-6-23(20-27)12-17-29-18-14-26-13-16-28(34)21-31(26)35-29;1-2(3)4/h3-9,12-14,16-18,20-21,24,32,36H,10-11,15,19,22H2,1-2H3;1H3,(H,3,4)/t32-;/m1./s1. The van der Waals surface area contributed by atoms with Gasteiger partial charge in [0.05, 0.1) is 16.8 Å². The first-order valence-electron chi connectivity index (χ1n) is 14.0. The Labute approximate surface area is 252 Å². The van der Waals surface area contributed by atoms with Crippen molar-refractivity contribution in [2.24, 2.45) is 5.92 Å². The van der Waals surface area contributed by atoms with Crippen LogP contribution in [0.4, 0.5) is 0 Å². The van der Waals surface area contributed by atoms with Gasteiger partial charge in [0.25, 0.3) is 5.97 Å². The number of hydrogen-bond donors (Lipinski definition) is 2. The molecule has 3 aromatic carbocycles. The lowest BCUT2D eigenvalue weighted by Gasteiger charge is -2.23. The summed E-state index contributed by atoms with van der Waals surface area (Å²) >= 11 is 8.26. The molecule has 1 atom stereocenters. The van der Waals surface area contributed by atoms with Gasteiger partial charge in [-0.25, -0.2) is 4.98 Å². The van der Waals surface area contributed by atoms with E-state index in [9.17, 15) is 5.11 Å². The number of pyridine rings is 1. The second-order valence-corrected chi connectivity index (χ2v) is 12.8. The van der Waals surface area contributed by atoms with Crippen molar-refractivity contribution in [3.05, 3.63) is 112 Å². The zero-order chi connectivity index (χ0) is 29.4. The molecule has 0 amide bonds. The minimum absolute atomic E-state index is 0.421. The number of carbonyl (C=O) groups is 1. The molecule has 1 aromatic heterocycles. The van der Waals surface area contributed by atoms with Gasteiger partial charge in [0, 0.05) is 22.6 Å². The minimum atomic E-state index is -0.833. The van der Waals surface area contributed by atoms with Crippen molar-refractivity contribution in [2.75, 3.05) is 5.75 Å². The smallest absolute Gasteiger partial charge is 0.300 e. The molecular formula is C35H38ClNO3S. The summed E-state index contributed by atoms with van der Waals surface area (Å²) < 4.78 is 0. The normalized spacial score (nSPS) is 14.1. The van der Waals surface area contributed by atoms with E-state index >= 15 is 0 Å². The largest absolute Gasteiger partial charge is 0.481 e. The molecule has 4 nitrogen and oxygen atoms in total. The molecule has 4 aromatic rings. The summed E-state index contributed by atoms with van der Waals surface area (Å²) in [5.41, 5.74) is 5.81. The molecule has 214 valence electrons. The zero-order valence-electron chi connectivity index (χ0n) is 23.9. The number of carboxylic acids is 1. The maximum Gasteiger partial charge on any atom is 0.300 e. The first kappa shape index (κ1) is 30.8. The van der Waals surface area contributed by atoms with E-state index in [2.05, 4.69) is 72.4 Å². The van der Waals surface area contributed by atoms with Gasteiger partial charge in [-0.1, -0.05) is 78.3 Å². The SMILES string of the molecule is CC(=O)O.CC(C)(O)c1ccccc1CC[C@@H](SCC1CC1)c1cccc(C=Cc2ccc3ccc(Cl)cc3n2)c1. The van der Waals surface area contributed by atoms with Crippen molar-refractivity contribution < 1.29 is 15.0 Å². The molecule has 1 heterocycles. The van der Waals surface area contributed by atoms with Crippen LogP contribution in [-0.4, -0.2) is 26.9 Å². The maximum absolute atomic E-state index is 10.7. The Balaban J connectivity index is 0.000000909. The zero-order valence-corrected chi connectivity index (χ0v) is 25.5. The lowest BCUT2D eigenvalue weighted by molar-refractivity contribution is -0.134. The number of thioether (sulfide) groups is 1. The summed E-state index contributed by atoms with van der Waals surface area (Å²) in [5.74, 6) is 1.27. The molecule has 0 aliphatic heterocycles. The number of hydrogen-bond acceptors (Lipinski definition) is 4. The molecule has 0 unspecified atom stereocenters. The predicted molar refractivity (Wildman–Crippen MR) is 173 cm³/mol. The second kappa shape index (κ2) is 14.2. The van der Waals surface area contributed by atoms with Crippen molar-refractivity contribution in [2.45, 2.75) is 57.3 Å². The monoisotopic (exact) mass is 587 g/mol. The number of aryl methyl sites for hydroxylation is 1. The molecule has 1 saturated carbocycles. The molecular weight excluding hydrogens is 550 g/mol. The highest BCUT2D eigenvalue weighted by Gasteiger charge is 2.25. The molecule has 1 fully saturated rings. The maximum atomic E-state index is 10.7. The van der Waals surface area contributed by atoms with E-state index in [4.69, 9.17) is 26.5 Å². The van der Waals surface area contributed by atoms with Gasteiger partial charge in [-0.15, -0.1) is 0 Å². The Hall–Kier alpha value is -3.12. The Morgan fingerprint density at radius 1 is 1.05 bits per heavy atom. The molecule has 0 saturated heterocycles. The summed E-state index contributed by atoms with van der Waals surface area (Å²) in [6.45, 7) is 4.83. The van der Waals surface area contributed by atoms with Crippen LogP contribution >= 0.6 is 23.4 Å². The number of nitrogens with zero attached hydrogens (tertiary/aromatic N) is 1. The van der Waals surface area contributed by atoms with E-state index in [1.807, 2.05) is 44.2 Å². The predicted octanol–water partition coefficient (Wildman–Crippen LogP) is 9.19. The Morgan fingerprint density at radius 2 is 1.78 bits per heavy atom. The van der Waals surface area contributed by atoms with Gasteiger partial charge in [-0.05, 0) is 97.7 Å². The Bertz CT molecular complexity index is 1500. The molecule has 5 rings (SSSR count). The fourth-order valence-corrected chi connectivity index (χ4v) is 6.38. The number of fused-ring (bicyclic) bond motifs is 1. The van der Waals surface area contributed by atoms with E-state index in [0.29, 0.717) is 10.3 Å². The van der Waals surface area contributed by atoms with Crippen LogP contribution in [0.2, 0.25) is 5.02 Å². The number of aliphatic hydroxyl groups is 1. The highest BCUT2D eigenvalue weighted by Crippen LogP contribution is 2.41. The van der Waals surface area contributed by atoms with E-state index in [0.717, 1.165) is 47.8 Å². The van der Waals surface area contributed by atoms with Crippen LogP contribution in [0.1, 0.15) is 73.2 Å². The van der Waals surface area contributed by atoms with E-state index < -0.39 is 11.6 Å². The number of carboxylic acid groups (broad SMARTS) is 1. The minimum Gasteiger partial charge on any atom is -0.481 e. The third-order valence-corrected chi connectivity index (χ3v) is 8.80. The van der Waals surface area contributed by atoms with Crippen molar-refractivity contribution >= 4 is 52.4 Å². The average molecular weight is 588 g/mol. The van der Waals surface area contributed by atoms with Crippen LogP contribution in [-0.2, 0) is 16.8 Å². The molecule has 41 heavy (non-hydrogen) atoms. The summed E-state index contributed by atoms with van der Waals surface area (Å²) in [6, 6.07) is 27.2. The first-order chi connectivity index (χ1) is 19.6. The molecule has 6 heteroatoms. The van der Waals surface area contributed by atoms with Crippen molar-refractivity contribution in [1.29, 1.82) is 0 Å². The van der Waals surface area contributed by atoms with E-state index in [1.54, 1.807) is 0 Å². The van der Waals surface area contributed by atoms with Crippen LogP contribution in [0.3, 0.4) is 0 Å². The molecule has 0 bridgehead atoms. The highest BCUT2D eigenvalue weighted by molar-refractivity contribution is 7.99. The van der Waals surface area contributed by atoms with Gasteiger partial charge in [-0.2, -0.15) is 11.8 Å². The van der Waals surface area contributed by atoms with Gasteiger partial charge in [-0.3, -0.25) is 4.79 Å². The number of aromatic nitrogens is 1. The third kappa shape index (κ3) is 9.74. The van der Waals surface area contributed by atoms with Gasteiger partial charge < -0.3 is 10.2 Å². The summed E-state index contributed by atoms with van der Waals surface area (Å²) in [5, 5.41) is 20.3. The Kier molecular flexibility index (Phi) is 10.7. The van der Waals surface area contributed by atoms with Gasteiger partial charge >= 0.3 is 0 Å². The highest BCUT2D eigenvalue weighted by atomic mass is 35.5. The molecule has 2 N–H and O–H groups in total. The lowest BCUT2D eigenvalue weighted by atomic mass is 9.90. The van der Waals surface area contributed by atoms with Crippen molar-refractivity contribution in [1.82, 2.24) is 4.98 Å². The third-order valence-electron chi connectivity index (χ3n) is 6.99. The number of benzene rings is 3. The van der Waals surface area contributed by atoms with Gasteiger partial charge in [0.1, 0.15) is 0 Å². The van der Waals surface area contributed by atoms with Crippen molar-refractivity contribution in [3.8, 4) is 0 Å². The average Bonchev–Trinajstić information content (AvgIpc) is 3.76. The van der Waals surface area contributed by atoms with Crippen LogP contribution < -0.4 is 0 Å². The number of rotatable bonds is 10. The van der Waals surface area contributed by atoms with Crippen LogP contribution in [0.15, 0.2) is 78.9 Å². The molecule has 0 spiro atoms. The second-order valence-electron chi connectivity index (χ2n) is 11.1. The molecule has 0 radical (unpaired) electrons. The fraction of sp³-hybridized carbons (Fsp3) is 0.314. The first-order valence-corrected chi connectivity index (χ1v) is 15.5. The molecule has 1 aliphatic carbocycles.